The number of nitrogens with zero attached hydrogens (tertiary/aromatic N) is 6. The molecule has 28 heavy (non-hydrogen) atoms. The number of rotatable bonds is 4. The van der Waals surface area contributed by atoms with Crippen molar-refractivity contribution in [3.05, 3.63) is 50.6 Å². The number of aryl methyl sites for hydroxylation is 2. The van der Waals surface area contributed by atoms with Crippen molar-refractivity contribution in [2.75, 3.05) is 26.2 Å². The van der Waals surface area contributed by atoms with Crippen molar-refractivity contribution in [2.45, 2.75) is 26.8 Å². The van der Waals surface area contributed by atoms with Gasteiger partial charge >= 0.3 is 0 Å². The van der Waals surface area contributed by atoms with Crippen molar-refractivity contribution in [3.63, 3.8) is 0 Å². The van der Waals surface area contributed by atoms with Gasteiger partial charge in [0.15, 0.2) is 4.96 Å². The van der Waals surface area contributed by atoms with Crippen molar-refractivity contribution in [3.8, 4) is 0 Å². The van der Waals surface area contributed by atoms with E-state index in [-0.39, 0.29) is 11.5 Å². The average molecular weight is 401 g/mol. The zero-order valence-corrected chi connectivity index (χ0v) is 17.2. The minimum absolute atomic E-state index is 0.0442. The molecule has 0 atom stereocenters. The third kappa shape index (κ3) is 3.59. The highest BCUT2D eigenvalue weighted by Gasteiger charge is 2.23. The molecule has 0 radical (unpaired) electrons. The minimum Gasteiger partial charge on any atom is -0.340 e. The fourth-order valence-electron chi connectivity index (χ4n) is 3.69. The summed E-state index contributed by atoms with van der Waals surface area (Å²) in [5.41, 5.74) is 3.74. The van der Waals surface area contributed by atoms with Gasteiger partial charge in [-0.1, -0.05) is 0 Å². The van der Waals surface area contributed by atoms with E-state index in [1.807, 2.05) is 35.9 Å². The van der Waals surface area contributed by atoms with Crippen LogP contribution in [0.4, 0.5) is 0 Å². The average Bonchev–Trinajstić information content (AvgIpc) is 3.23. The lowest BCUT2D eigenvalue weighted by molar-refractivity contribution is -0.132. The van der Waals surface area contributed by atoms with E-state index < -0.39 is 0 Å². The van der Waals surface area contributed by atoms with Gasteiger partial charge in [0.25, 0.3) is 5.56 Å². The second-order valence-corrected chi connectivity index (χ2v) is 8.12. The van der Waals surface area contributed by atoms with Crippen LogP contribution in [0.5, 0.6) is 0 Å². The number of carbonyl (C=O) groups excluding carboxylic acids is 1. The Kier molecular flexibility index (Phi) is 5.03. The van der Waals surface area contributed by atoms with Crippen LogP contribution in [-0.2, 0) is 24.8 Å². The maximum absolute atomic E-state index is 12.7. The highest BCUT2D eigenvalue weighted by molar-refractivity contribution is 7.15. The molecule has 0 spiro atoms. The number of carbonyl (C=O) groups is 1. The Labute approximate surface area is 167 Å². The number of amides is 1. The molecular weight excluding hydrogens is 376 g/mol. The van der Waals surface area contributed by atoms with Crippen molar-refractivity contribution >= 4 is 22.2 Å². The summed E-state index contributed by atoms with van der Waals surface area (Å²) < 4.78 is 3.39. The maximum atomic E-state index is 12.7. The van der Waals surface area contributed by atoms with E-state index in [2.05, 4.69) is 15.0 Å². The molecule has 148 valence electrons. The third-order valence-corrected chi connectivity index (χ3v) is 6.21. The van der Waals surface area contributed by atoms with Gasteiger partial charge in [0.05, 0.1) is 17.8 Å². The first-order valence-corrected chi connectivity index (χ1v) is 10.3. The first kappa shape index (κ1) is 18.8. The predicted octanol–water partition coefficient (Wildman–Crippen LogP) is 0.993. The summed E-state index contributed by atoms with van der Waals surface area (Å²) in [6.45, 7) is 7.53. The van der Waals surface area contributed by atoms with Gasteiger partial charge in [-0.15, -0.1) is 11.3 Å². The van der Waals surface area contributed by atoms with Crippen LogP contribution < -0.4 is 5.56 Å². The summed E-state index contributed by atoms with van der Waals surface area (Å²) in [5.74, 6) is 0.148. The number of piperazine rings is 1. The van der Waals surface area contributed by atoms with E-state index in [0.29, 0.717) is 26.1 Å². The quantitative estimate of drug-likeness (QED) is 0.653. The Morgan fingerprint density at radius 3 is 2.64 bits per heavy atom. The molecule has 0 unspecified atom stereocenters. The summed E-state index contributed by atoms with van der Waals surface area (Å²) in [4.78, 5) is 34.3. The molecule has 0 N–H and O–H groups in total. The molecule has 1 aliphatic heterocycles. The van der Waals surface area contributed by atoms with Crippen LogP contribution in [0.3, 0.4) is 0 Å². The Hall–Kier alpha value is -2.52. The van der Waals surface area contributed by atoms with Crippen molar-refractivity contribution < 1.29 is 4.79 Å². The summed E-state index contributed by atoms with van der Waals surface area (Å²) in [7, 11) is 1.91. The monoisotopic (exact) mass is 400 g/mol. The van der Waals surface area contributed by atoms with Crippen molar-refractivity contribution in [2.24, 2.45) is 7.05 Å². The molecule has 0 bridgehead atoms. The fraction of sp³-hybridized carbons (Fsp3) is 0.474. The zero-order chi connectivity index (χ0) is 19.8. The van der Waals surface area contributed by atoms with Crippen LogP contribution in [0.2, 0.25) is 0 Å². The lowest BCUT2D eigenvalue weighted by atomic mass is 10.1. The number of fused-ring (bicyclic) bond motifs is 1. The van der Waals surface area contributed by atoms with Gasteiger partial charge in [-0.05, 0) is 13.8 Å². The number of hydrogen-bond acceptors (Lipinski definition) is 6. The summed E-state index contributed by atoms with van der Waals surface area (Å²) in [6.07, 6.45) is 2.15. The SMILES string of the molecule is Cc1nn(C)c(C)c1CC(=O)N1CCN(Cc2cc(=O)n3ccsc3n2)CC1. The van der Waals surface area contributed by atoms with Crippen LogP contribution in [0.1, 0.15) is 22.6 Å². The second kappa shape index (κ2) is 7.48. The van der Waals surface area contributed by atoms with E-state index in [9.17, 15) is 9.59 Å². The van der Waals surface area contributed by atoms with Crippen molar-refractivity contribution in [1.29, 1.82) is 0 Å². The molecule has 9 heteroatoms. The van der Waals surface area contributed by atoms with Gasteiger partial charge in [0.1, 0.15) is 0 Å². The van der Waals surface area contributed by atoms with Gasteiger partial charge in [0.2, 0.25) is 5.91 Å². The number of thiazole rings is 1. The predicted molar refractivity (Wildman–Crippen MR) is 108 cm³/mol. The topological polar surface area (TPSA) is 75.7 Å². The van der Waals surface area contributed by atoms with Crippen LogP contribution >= 0.6 is 11.3 Å². The molecule has 3 aromatic rings. The molecule has 3 aromatic heterocycles. The Morgan fingerprint density at radius 2 is 1.96 bits per heavy atom. The van der Waals surface area contributed by atoms with Crippen LogP contribution in [0, 0.1) is 13.8 Å². The molecule has 1 saturated heterocycles. The van der Waals surface area contributed by atoms with Crippen LogP contribution in [-0.4, -0.2) is 61.1 Å². The summed E-state index contributed by atoms with van der Waals surface area (Å²) in [6, 6.07) is 1.60. The molecular formula is C19H24N6O2S. The van der Waals surface area contributed by atoms with Gasteiger partial charge < -0.3 is 4.90 Å². The third-order valence-electron chi connectivity index (χ3n) is 5.45. The molecule has 0 saturated carbocycles. The molecule has 4 rings (SSSR count). The van der Waals surface area contributed by atoms with Gasteiger partial charge in [-0.3, -0.25) is 23.6 Å². The standard InChI is InChI=1S/C19H24N6O2S/c1-13-16(14(2)22(3)21-13)11-17(26)24-6-4-23(5-7-24)12-15-10-18(27)25-8-9-28-19(25)20-15/h8-10H,4-7,11-12H2,1-3H3. The first-order valence-electron chi connectivity index (χ1n) is 9.37. The Balaban J connectivity index is 1.36. The largest absolute Gasteiger partial charge is 0.340 e. The lowest BCUT2D eigenvalue weighted by Gasteiger charge is -2.34. The van der Waals surface area contributed by atoms with Gasteiger partial charge in [0, 0.05) is 68.7 Å². The molecule has 1 fully saturated rings. The molecule has 0 aliphatic carbocycles. The van der Waals surface area contributed by atoms with Crippen molar-refractivity contribution in [1.82, 2.24) is 29.0 Å². The lowest BCUT2D eigenvalue weighted by Crippen LogP contribution is -2.48. The van der Waals surface area contributed by atoms with E-state index >= 15 is 0 Å². The fourth-order valence-corrected chi connectivity index (χ4v) is 4.43. The van der Waals surface area contributed by atoms with E-state index in [1.54, 1.807) is 16.7 Å². The zero-order valence-electron chi connectivity index (χ0n) is 16.4. The first-order chi connectivity index (χ1) is 13.4. The Bertz CT molecular complexity index is 1070. The van der Waals surface area contributed by atoms with E-state index in [4.69, 9.17) is 0 Å². The normalized spacial score (nSPS) is 15.5. The smallest absolute Gasteiger partial charge is 0.258 e. The highest BCUT2D eigenvalue weighted by Crippen LogP contribution is 2.15. The summed E-state index contributed by atoms with van der Waals surface area (Å²) in [5, 5.41) is 6.26. The highest BCUT2D eigenvalue weighted by atomic mass is 32.1. The molecule has 1 aliphatic rings. The van der Waals surface area contributed by atoms with E-state index in [0.717, 1.165) is 40.7 Å². The minimum atomic E-state index is -0.0442. The number of hydrogen-bond donors (Lipinski definition) is 0. The van der Waals surface area contributed by atoms with Crippen LogP contribution in [0.25, 0.3) is 4.96 Å². The molecule has 8 nitrogen and oxygen atoms in total. The molecule has 1 amide bonds. The van der Waals surface area contributed by atoms with Crippen LogP contribution in [0.15, 0.2) is 22.4 Å². The number of aromatic nitrogens is 4. The Morgan fingerprint density at radius 1 is 1.21 bits per heavy atom. The molecule has 4 heterocycles. The maximum Gasteiger partial charge on any atom is 0.258 e. The molecule has 0 aromatic carbocycles. The van der Waals surface area contributed by atoms with Gasteiger partial charge in [-0.25, -0.2) is 4.98 Å². The second-order valence-electron chi connectivity index (χ2n) is 7.25. The van der Waals surface area contributed by atoms with Gasteiger partial charge in [-0.2, -0.15) is 5.10 Å². The van der Waals surface area contributed by atoms with E-state index in [1.165, 1.54) is 11.3 Å². The summed E-state index contributed by atoms with van der Waals surface area (Å²) >= 11 is 1.46.